The van der Waals surface area contributed by atoms with E-state index < -0.39 is 10.8 Å². The van der Waals surface area contributed by atoms with E-state index in [0.29, 0.717) is 5.56 Å². The van der Waals surface area contributed by atoms with Gasteiger partial charge in [0.1, 0.15) is 17.3 Å². The Balaban J connectivity index is 2.27. The number of carbonyl (C=O) groups is 1. The number of hydrogen-bond donors (Lipinski definition) is 1. The second-order valence-electron chi connectivity index (χ2n) is 3.99. The highest BCUT2D eigenvalue weighted by Crippen LogP contribution is 2.18. The van der Waals surface area contributed by atoms with Crippen molar-refractivity contribution in [1.82, 2.24) is 9.97 Å². The molecule has 102 valence electrons. The summed E-state index contributed by atoms with van der Waals surface area (Å²) in [5.74, 6) is -0.286. The van der Waals surface area contributed by atoms with Crippen LogP contribution in [0, 0.1) is 17.0 Å². The Bertz CT molecular complexity index is 690. The second-order valence-corrected chi connectivity index (χ2v) is 4.38. The SMILES string of the molecule is Cc1cc(C(=O)Nc2cc(Cl)ncn2)cc([N+](=O)[O-])c1. The van der Waals surface area contributed by atoms with Crippen molar-refractivity contribution >= 4 is 29.0 Å². The van der Waals surface area contributed by atoms with Gasteiger partial charge < -0.3 is 5.32 Å². The van der Waals surface area contributed by atoms with Gasteiger partial charge in [-0.2, -0.15) is 0 Å². The van der Waals surface area contributed by atoms with Crippen LogP contribution in [0.4, 0.5) is 11.5 Å². The molecule has 1 aromatic carbocycles. The number of nitro benzene ring substituents is 1. The van der Waals surface area contributed by atoms with E-state index in [4.69, 9.17) is 11.6 Å². The smallest absolute Gasteiger partial charge is 0.270 e. The molecule has 2 aromatic rings. The number of nitro groups is 1. The average Bonchev–Trinajstić information content (AvgIpc) is 2.37. The van der Waals surface area contributed by atoms with E-state index >= 15 is 0 Å². The van der Waals surface area contributed by atoms with Crippen molar-refractivity contribution in [2.75, 3.05) is 5.32 Å². The van der Waals surface area contributed by atoms with E-state index in [0.717, 1.165) is 0 Å². The van der Waals surface area contributed by atoms with Crippen LogP contribution in [0.3, 0.4) is 0 Å². The van der Waals surface area contributed by atoms with Crippen molar-refractivity contribution in [2.45, 2.75) is 6.92 Å². The predicted molar refractivity (Wildman–Crippen MR) is 72.8 cm³/mol. The first-order chi connectivity index (χ1) is 9.45. The standard InChI is InChI=1S/C12H9ClN4O3/c1-7-2-8(4-9(3-7)17(19)20)12(18)16-11-5-10(13)14-6-15-11/h2-6H,1H3,(H,14,15,16,18). The number of aryl methyl sites for hydroxylation is 1. The van der Waals surface area contributed by atoms with Crippen LogP contribution < -0.4 is 5.32 Å². The third-order valence-electron chi connectivity index (χ3n) is 2.41. The molecule has 0 aliphatic carbocycles. The molecule has 8 heteroatoms. The molecule has 0 aliphatic heterocycles. The van der Waals surface area contributed by atoms with Gasteiger partial charge in [0, 0.05) is 23.8 Å². The van der Waals surface area contributed by atoms with Crippen molar-refractivity contribution in [3.63, 3.8) is 0 Å². The van der Waals surface area contributed by atoms with Crippen LogP contribution >= 0.6 is 11.6 Å². The fraction of sp³-hybridized carbons (Fsp3) is 0.0833. The lowest BCUT2D eigenvalue weighted by atomic mass is 10.1. The second kappa shape index (κ2) is 5.62. The Kier molecular flexibility index (Phi) is 3.90. The highest BCUT2D eigenvalue weighted by Gasteiger charge is 2.14. The largest absolute Gasteiger partial charge is 0.306 e. The first-order valence-electron chi connectivity index (χ1n) is 5.50. The number of halogens is 1. The lowest BCUT2D eigenvalue weighted by Gasteiger charge is -2.05. The minimum Gasteiger partial charge on any atom is -0.306 e. The summed E-state index contributed by atoms with van der Waals surface area (Å²) in [5, 5.41) is 13.4. The molecule has 0 saturated heterocycles. The fourth-order valence-corrected chi connectivity index (χ4v) is 1.74. The molecule has 1 amide bonds. The Hall–Kier alpha value is -2.54. The number of nitrogens with zero attached hydrogens (tertiary/aromatic N) is 3. The van der Waals surface area contributed by atoms with Gasteiger partial charge in [-0.3, -0.25) is 14.9 Å². The van der Waals surface area contributed by atoms with Crippen LogP contribution in [0.25, 0.3) is 0 Å². The molecule has 0 saturated carbocycles. The summed E-state index contributed by atoms with van der Waals surface area (Å²) in [6.45, 7) is 1.67. The van der Waals surface area contributed by atoms with E-state index in [2.05, 4.69) is 15.3 Å². The predicted octanol–water partition coefficient (Wildman–Crippen LogP) is 2.60. The first-order valence-corrected chi connectivity index (χ1v) is 5.88. The molecule has 0 unspecified atom stereocenters. The Morgan fingerprint density at radius 2 is 2.05 bits per heavy atom. The van der Waals surface area contributed by atoms with Crippen molar-refractivity contribution in [1.29, 1.82) is 0 Å². The molecule has 0 fully saturated rings. The van der Waals surface area contributed by atoms with Crippen LogP contribution in [0.2, 0.25) is 5.15 Å². The van der Waals surface area contributed by atoms with E-state index in [1.54, 1.807) is 13.0 Å². The molecule has 1 N–H and O–H groups in total. The number of anilines is 1. The normalized spacial score (nSPS) is 10.1. The van der Waals surface area contributed by atoms with Gasteiger partial charge in [0.15, 0.2) is 0 Å². The topological polar surface area (TPSA) is 98.0 Å². The van der Waals surface area contributed by atoms with Gasteiger partial charge in [-0.1, -0.05) is 11.6 Å². The van der Waals surface area contributed by atoms with Crippen LogP contribution in [0.15, 0.2) is 30.6 Å². The minimum atomic E-state index is -0.550. The van der Waals surface area contributed by atoms with Crippen LogP contribution in [0.5, 0.6) is 0 Å². The lowest BCUT2D eigenvalue weighted by molar-refractivity contribution is -0.384. The number of carbonyl (C=O) groups excluding carboxylic acids is 1. The van der Waals surface area contributed by atoms with E-state index in [9.17, 15) is 14.9 Å². The number of benzene rings is 1. The highest BCUT2D eigenvalue weighted by atomic mass is 35.5. The van der Waals surface area contributed by atoms with E-state index in [1.807, 2.05) is 0 Å². The maximum Gasteiger partial charge on any atom is 0.270 e. The lowest BCUT2D eigenvalue weighted by Crippen LogP contribution is -2.13. The molecule has 2 rings (SSSR count). The molecule has 1 heterocycles. The molecule has 0 radical (unpaired) electrons. The van der Waals surface area contributed by atoms with E-state index in [1.165, 1.54) is 24.5 Å². The summed E-state index contributed by atoms with van der Waals surface area (Å²) in [5.41, 5.74) is 0.646. The number of amides is 1. The van der Waals surface area contributed by atoms with Crippen LogP contribution in [-0.2, 0) is 0 Å². The summed E-state index contributed by atoms with van der Waals surface area (Å²) in [6.07, 6.45) is 1.20. The molecule has 20 heavy (non-hydrogen) atoms. The first kappa shape index (κ1) is 13.9. The number of hydrogen-bond acceptors (Lipinski definition) is 5. The monoisotopic (exact) mass is 292 g/mol. The van der Waals surface area contributed by atoms with Crippen LogP contribution in [-0.4, -0.2) is 20.8 Å². The number of rotatable bonds is 3. The molecule has 0 spiro atoms. The van der Waals surface area contributed by atoms with Gasteiger partial charge in [-0.25, -0.2) is 9.97 Å². The fourth-order valence-electron chi connectivity index (χ4n) is 1.59. The zero-order valence-electron chi connectivity index (χ0n) is 10.3. The summed E-state index contributed by atoms with van der Waals surface area (Å²) in [6, 6.07) is 5.51. The molecule has 0 atom stereocenters. The molecule has 0 aliphatic rings. The van der Waals surface area contributed by atoms with Gasteiger partial charge in [-0.05, 0) is 18.6 Å². The number of aromatic nitrogens is 2. The average molecular weight is 293 g/mol. The highest BCUT2D eigenvalue weighted by molar-refractivity contribution is 6.29. The Labute approximate surface area is 118 Å². The van der Waals surface area contributed by atoms with Crippen molar-refractivity contribution in [3.8, 4) is 0 Å². The quantitative estimate of drug-likeness (QED) is 0.532. The molecular formula is C12H9ClN4O3. The molecule has 1 aromatic heterocycles. The molecule has 7 nitrogen and oxygen atoms in total. The maximum absolute atomic E-state index is 12.0. The summed E-state index contributed by atoms with van der Waals surface area (Å²) in [4.78, 5) is 29.7. The molecular weight excluding hydrogens is 284 g/mol. The third kappa shape index (κ3) is 3.27. The van der Waals surface area contributed by atoms with Gasteiger partial charge in [0.05, 0.1) is 4.92 Å². The summed E-state index contributed by atoms with van der Waals surface area (Å²) < 4.78 is 0. The van der Waals surface area contributed by atoms with Gasteiger partial charge >= 0.3 is 0 Å². The zero-order valence-corrected chi connectivity index (χ0v) is 11.1. The zero-order chi connectivity index (χ0) is 14.7. The van der Waals surface area contributed by atoms with Gasteiger partial charge in [0.25, 0.3) is 11.6 Å². The summed E-state index contributed by atoms with van der Waals surface area (Å²) >= 11 is 5.67. The minimum absolute atomic E-state index is 0.143. The van der Waals surface area contributed by atoms with Crippen molar-refractivity contribution < 1.29 is 9.72 Å². The number of non-ortho nitro benzene ring substituents is 1. The Morgan fingerprint density at radius 3 is 2.70 bits per heavy atom. The maximum atomic E-state index is 12.0. The van der Waals surface area contributed by atoms with E-state index in [-0.39, 0.29) is 22.2 Å². The van der Waals surface area contributed by atoms with Gasteiger partial charge in [-0.15, -0.1) is 0 Å². The summed E-state index contributed by atoms with van der Waals surface area (Å²) in [7, 11) is 0. The van der Waals surface area contributed by atoms with Crippen molar-refractivity contribution in [3.05, 3.63) is 57.0 Å². The Morgan fingerprint density at radius 1 is 1.30 bits per heavy atom. The number of nitrogens with one attached hydrogen (secondary N) is 1. The van der Waals surface area contributed by atoms with Crippen molar-refractivity contribution in [2.24, 2.45) is 0 Å². The molecule has 0 bridgehead atoms. The van der Waals surface area contributed by atoms with Crippen LogP contribution in [0.1, 0.15) is 15.9 Å². The third-order valence-corrected chi connectivity index (χ3v) is 2.62. The van der Waals surface area contributed by atoms with Gasteiger partial charge in [0.2, 0.25) is 0 Å².